The van der Waals surface area contributed by atoms with Crippen LogP contribution in [-0.2, 0) is 5.75 Å². The fourth-order valence-electron chi connectivity index (χ4n) is 1.66. The molecule has 20 heavy (non-hydrogen) atoms. The minimum Gasteiger partial charge on any atom is -0.423 e. The molecule has 0 saturated heterocycles. The van der Waals surface area contributed by atoms with Crippen molar-refractivity contribution in [3.63, 3.8) is 0 Å². The van der Waals surface area contributed by atoms with Crippen LogP contribution in [0.25, 0.3) is 0 Å². The van der Waals surface area contributed by atoms with Gasteiger partial charge in [0.1, 0.15) is 17.5 Å². The maximum atomic E-state index is 13.4. The highest BCUT2D eigenvalue weighted by Gasteiger charge is 2.13. The minimum absolute atomic E-state index is 0.0279. The zero-order valence-electron chi connectivity index (χ0n) is 10.2. The number of thioether (sulfide) groups is 1. The first-order valence-corrected chi connectivity index (χ1v) is 6.67. The molecule has 7 heteroatoms. The second kappa shape index (κ2) is 6.34. The average molecular weight is 298 g/mol. The lowest BCUT2D eigenvalue weighted by Crippen LogP contribution is -2.30. The number of hydrogen-bond donors (Lipinski definition) is 2. The van der Waals surface area contributed by atoms with Crippen LogP contribution in [0.5, 0.6) is 0 Å². The fraction of sp³-hybridized carbons (Fsp3) is 0.0769. The molecule has 0 aromatic heterocycles. The van der Waals surface area contributed by atoms with Gasteiger partial charge in [0.15, 0.2) is 0 Å². The Hall–Kier alpha value is -1.44. The third-order valence-corrected chi connectivity index (χ3v) is 3.69. The van der Waals surface area contributed by atoms with E-state index in [1.807, 2.05) is 0 Å². The second-order valence-electron chi connectivity index (χ2n) is 4.13. The summed E-state index contributed by atoms with van der Waals surface area (Å²) in [6.45, 7) is 0. The molecule has 2 aromatic carbocycles. The monoisotopic (exact) mass is 298 g/mol. The summed E-state index contributed by atoms with van der Waals surface area (Å²) in [7, 11) is -1.77. The van der Waals surface area contributed by atoms with Crippen LogP contribution < -0.4 is 5.46 Å². The van der Waals surface area contributed by atoms with E-state index >= 15 is 0 Å². The van der Waals surface area contributed by atoms with Crippen molar-refractivity contribution in [1.82, 2.24) is 0 Å². The molecule has 0 radical (unpaired) electrons. The van der Waals surface area contributed by atoms with E-state index in [2.05, 4.69) is 0 Å². The van der Waals surface area contributed by atoms with Crippen molar-refractivity contribution in [2.24, 2.45) is 0 Å². The van der Waals surface area contributed by atoms with Crippen molar-refractivity contribution < 1.29 is 23.2 Å². The molecule has 0 unspecified atom stereocenters. The molecule has 0 atom stereocenters. The maximum Gasteiger partial charge on any atom is 0.488 e. The van der Waals surface area contributed by atoms with E-state index in [0.717, 1.165) is 30.0 Å². The van der Waals surface area contributed by atoms with Crippen LogP contribution in [0.1, 0.15) is 5.56 Å². The summed E-state index contributed by atoms with van der Waals surface area (Å²) in [5, 5.41) is 18.0. The smallest absolute Gasteiger partial charge is 0.423 e. The largest absolute Gasteiger partial charge is 0.488 e. The molecule has 0 saturated carbocycles. The van der Waals surface area contributed by atoms with Crippen molar-refractivity contribution in [2.75, 3.05) is 0 Å². The van der Waals surface area contributed by atoms with Gasteiger partial charge < -0.3 is 10.0 Å². The number of hydrogen-bond acceptors (Lipinski definition) is 3. The average Bonchev–Trinajstić information content (AvgIpc) is 2.37. The summed E-state index contributed by atoms with van der Waals surface area (Å²) >= 11 is 1.07. The molecule has 0 heterocycles. The van der Waals surface area contributed by atoms with Crippen molar-refractivity contribution in [1.29, 1.82) is 0 Å². The van der Waals surface area contributed by atoms with Crippen LogP contribution in [-0.4, -0.2) is 17.2 Å². The number of halogens is 3. The van der Waals surface area contributed by atoms with Crippen LogP contribution >= 0.6 is 11.8 Å². The van der Waals surface area contributed by atoms with Gasteiger partial charge in [-0.2, -0.15) is 0 Å². The molecule has 2 aromatic rings. The van der Waals surface area contributed by atoms with Gasteiger partial charge in [0.2, 0.25) is 0 Å². The van der Waals surface area contributed by atoms with Crippen molar-refractivity contribution in [2.45, 2.75) is 10.6 Å². The number of rotatable bonds is 4. The highest BCUT2D eigenvalue weighted by Crippen LogP contribution is 2.26. The lowest BCUT2D eigenvalue weighted by atomic mass is 9.79. The van der Waals surface area contributed by atoms with E-state index in [9.17, 15) is 13.2 Å². The predicted molar refractivity (Wildman–Crippen MR) is 72.1 cm³/mol. The van der Waals surface area contributed by atoms with Crippen LogP contribution in [0.2, 0.25) is 0 Å². The second-order valence-corrected chi connectivity index (χ2v) is 5.15. The highest BCUT2D eigenvalue weighted by molar-refractivity contribution is 7.98. The normalized spacial score (nSPS) is 10.7. The Labute approximate surface area is 118 Å². The van der Waals surface area contributed by atoms with Crippen molar-refractivity contribution in [3.8, 4) is 0 Å². The van der Waals surface area contributed by atoms with E-state index in [4.69, 9.17) is 10.0 Å². The molecular weight excluding hydrogens is 288 g/mol. The molecule has 0 fully saturated rings. The van der Waals surface area contributed by atoms with Gasteiger partial charge in [-0.15, -0.1) is 11.8 Å². The first-order chi connectivity index (χ1) is 9.45. The minimum atomic E-state index is -1.77. The summed E-state index contributed by atoms with van der Waals surface area (Å²) < 4.78 is 39.5. The molecule has 2 N–H and O–H groups in total. The van der Waals surface area contributed by atoms with Gasteiger partial charge in [-0.1, -0.05) is 6.07 Å². The highest BCUT2D eigenvalue weighted by atomic mass is 32.2. The summed E-state index contributed by atoms with van der Waals surface area (Å²) in [5.41, 5.74) is 0.502. The van der Waals surface area contributed by atoms with Crippen molar-refractivity contribution in [3.05, 3.63) is 59.4 Å². The SMILES string of the molecule is OB(O)c1cc(F)cc(CSc2ccc(F)cc2F)c1. The Morgan fingerprint density at radius 3 is 2.35 bits per heavy atom. The molecule has 104 valence electrons. The Kier molecular flexibility index (Phi) is 4.75. The van der Waals surface area contributed by atoms with E-state index in [1.165, 1.54) is 18.2 Å². The molecular formula is C13H10BF3O2S. The van der Waals surface area contributed by atoms with E-state index < -0.39 is 24.6 Å². The van der Waals surface area contributed by atoms with E-state index in [1.54, 1.807) is 0 Å². The van der Waals surface area contributed by atoms with Crippen LogP contribution in [0, 0.1) is 17.5 Å². The van der Waals surface area contributed by atoms with Crippen LogP contribution in [0.4, 0.5) is 13.2 Å². The number of benzene rings is 2. The molecule has 0 spiro atoms. The van der Waals surface area contributed by atoms with Gasteiger partial charge in [0.05, 0.1) is 0 Å². The molecule has 0 aliphatic carbocycles. The lowest BCUT2D eigenvalue weighted by molar-refractivity contribution is 0.425. The predicted octanol–water partition coefficient (Wildman–Crippen LogP) is 2.08. The third-order valence-electron chi connectivity index (χ3n) is 2.57. The first-order valence-electron chi connectivity index (χ1n) is 5.69. The Balaban J connectivity index is 2.14. The molecule has 0 aliphatic rings. The Morgan fingerprint density at radius 2 is 1.70 bits per heavy atom. The fourth-order valence-corrected chi connectivity index (χ4v) is 2.51. The summed E-state index contributed by atoms with van der Waals surface area (Å²) in [6.07, 6.45) is 0. The molecule has 2 nitrogen and oxygen atoms in total. The van der Waals surface area contributed by atoms with Crippen LogP contribution in [0.15, 0.2) is 41.3 Å². The van der Waals surface area contributed by atoms with Gasteiger partial charge >= 0.3 is 7.12 Å². The summed E-state index contributed by atoms with van der Waals surface area (Å²) in [5.74, 6) is -1.73. The van der Waals surface area contributed by atoms with Gasteiger partial charge in [0, 0.05) is 16.7 Å². The summed E-state index contributed by atoms with van der Waals surface area (Å²) in [4.78, 5) is 0.238. The molecule has 0 amide bonds. The van der Waals surface area contributed by atoms with Crippen molar-refractivity contribution >= 4 is 24.3 Å². The Bertz CT molecular complexity index is 623. The maximum absolute atomic E-state index is 13.4. The molecule has 0 aliphatic heterocycles. The zero-order chi connectivity index (χ0) is 14.7. The topological polar surface area (TPSA) is 40.5 Å². The Morgan fingerprint density at radius 1 is 0.950 bits per heavy atom. The molecule has 0 bridgehead atoms. The van der Waals surface area contributed by atoms with Gasteiger partial charge in [-0.3, -0.25) is 0 Å². The third kappa shape index (κ3) is 3.78. The van der Waals surface area contributed by atoms with E-state index in [-0.39, 0.29) is 16.1 Å². The standard InChI is InChI=1S/C13H10BF3O2S/c15-10-1-2-13(12(17)6-10)20-7-8-3-9(14(18)19)5-11(16)4-8/h1-6,18-19H,7H2. The lowest BCUT2D eigenvalue weighted by Gasteiger charge is -2.06. The quantitative estimate of drug-likeness (QED) is 0.670. The zero-order valence-corrected chi connectivity index (χ0v) is 11.0. The summed E-state index contributed by atoms with van der Waals surface area (Å²) in [6, 6.07) is 6.87. The van der Waals surface area contributed by atoms with Gasteiger partial charge in [0.25, 0.3) is 0 Å². The van der Waals surface area contributed by atoms with E-state index in [0.29, 0.717) is 5.56 Å². The van der Waals surface area contributed by atoms with Gasteiger partial charge in [-0.25, -0.2) is 13.2 Å². The first kappa shape index (κ1) is 15.0. The molecule has 2 rings (SSSR count). The van der Waals surface area contributed by atoms with Gasteiger partial charge in [-0.05, 0) is 35.3 Å². The van der Waals surface area contributed by atoms with Crippen LogP contribution in [0.3, 0.4) is 0 Å².